The molecular weight excluding hydrogens is 270 g/mol. The molecule has 2 fully saturated rings. The number of hydrogen-bond donors (Lipinski definition) is 2. The fourth-order valence-electron chi connectivity index (χ4n) is 2.68. The Kier molecular flexibility index (Phi) is 4.44. The van der Waals surface area contributed by atoms with Crippen molar-refractivity contribution in [2.45, 2.75) is 44.2 Å². The van der Waals surface area contributed by atoms with Crippen molar-refractivity contribution in [3.05, 3.63) is 0 Å². The normalized spacial score (nSPS) is 28.4. The average molecular weight is 291 g/mol. The lowest BCUT2D eigenvalue weighted by atomic mass is 10.1. The van der Waals surface area contributed by atoms with E-state index in [1.165, 1.54) is 4.31 Å². The van der Waals surface area contributed by atoms with E-state index in [-0.39, 0.29) is 6.04 Å². The Morgan fingerprint density at radius 1 is 1.11 bits per heavy atom. The minimum atomic E-state index is -3.67. The molecular formula is C11H21N3O4S. The number of carboxylic acid groups (broad SMARTS) is 1. The van der Waals surface area contributed by atoms with Gasteiger partial charge in [0, 0.05) is 25.7 Å². The fourth-order valence-corrected chi connectivity index (χ4v) is 4.53. The Hall–Kier alpha value is -0.700. The second kappa shape index (κ2) is 5.74. The van der Waals surface area contributed by atoms with E-state index in [9.17, 15) is 13.2 Å². The van der Waals surface area contributed by atoms with Crippen LogP contribution < -0.4 is 5.73 Å². The molecule has 0 aromatic rings. The molecule has 0 spiro atoms. The molecule has 7 nitrogen and oxygen atoms in total. The number of carbonyl (C=O) groups is 1. The summed E-state index contributed by atoms with van der Waals surface area (Å²) in [7, 11) is -3.67. The van der Waals surface area contributed by atoms with Gasteiger partial charge in [-0.15, -0.1) is 0 Å². The number of nitrogens with zero attached hydrogens (tertiary/aromatic N) is 2. The summed E-state index contributed by atoms with van der Waals surface area (Å²) in [4.78, 5) is 11.2. The van der Waals surface area contributed by atoms with Gasteiger partial charge < -0.3 is 10.8 Å². The summed E-state index contributed by atoms with van der Waals surface area (Å²) < 4.78 is 27.5. The van der Waals surface area contributed by atoms with Crippen molar-refractivity contribution >= 4 is 16.2 Å². The van der Waals surface area contributed by atoms with Gasteiger partial charge in [-0.05, 0) is 32.1 Å². The van der Waals surface area contributed by atoms with Gasteiger partial charge in [-0.1, -0.05) is 0 Å². The topological polar surface area (TPSA) is 104 Å². The second-order valence-electron chi connectivity index (χ2n) is 5.20. The van der Waals surface area contributed by atoms with Gasteiger partial charge in [0.2, 0.25) is 0 Å². The smallest absolute Gasteiger partial charge is 0.322 e. The lowest BCUT2D eigenvalue weighted by Crippen LogP contribution is -2.55. The Morgan fingerprint density at radius 2 is 1.74 bits per heavy atom. The van der Waals surface area contributed by atoms with Crippen LogP contribution in [0.5, 0.6) is 0 Å². The second-order valence-corrected chi connectivity index (χ2v) is 7.09. The van der Waals surface area contributed by atoms with E-state index in [1.807, 2.05) is 0 Å². The maximum Gasteiger partial charge on any atom is 0.322 e. The first-order valence-corrected chi connectivity index (χ1v) is 8.08. The Bertz CT molecular complexity index is 431. The molecule has 2 aliphatic heterocycles. The number of piperidine rings is 2. The molecule has 2 aliphatic rings. The lowest BCUT2D eigenvalue weighted by molar-refractivity contribution is -0.142. The van der Waals surface area contributed by atoms with Crippen LogP contribution in [0, 0.1) is 0 Å². The molecule has 1 unspecified atom stereocenters. The first-order valence-electron chi connectivity index (χ1n) is 6.68. The average Bonchev–Trinajstić information content (AvgIpc) is 2.39. The molecule has 0 bridgehead atoms. The summed E-state index contributed by atoms with van der Waals surface area (Å²) in [6.07, 6.45) is 3.13. The molecule has 1 atom stereocenters. The van der Waals surface area contributed by atoms with Crippen molar-refractivity contribution in [1.82, 2.24) is 8.61 Å². The molecule has 0 saturated carbocycles. The fraction of sp³-hybridized carbons (Fsp3) is 0.909. The van der Waals surface area contributed by atoms with E-state index < -0.39 is 22.2 Å². The summed E-state index contributed by atoms with van der Waals surface area (Å²) in [6.45, 7) is 1.06. The molecule has 110 valence electrons. The van der Waals surface area contributed by atoms with Crippen LogP contribution in [0.15, 0.2) is 0 Å². The highest BCUT2D eigenvalue weighted by atomic mass is 32.2. The highest BCUT2D eigenvalue weighted by Gasteiger charge is 2.40. The quantitative estimate of drug-likeness (QED) is 0.736. The van der Waals surface area contributed by atoms with E-state index in [2.05, 4.69) is 0 Å². The largest absolute Gasteiger partial charge is 0.480 e. The van der Waals surface area contributed by atoms with Crippen LogP contribution in [-0.4, -0.2) is 59.8 Å². The first-order chi connectivity index (χ1) is 8.93. The van der Waals surface area contributed by atoms with Gasteiger partial charge in [0.15, 0.2) is 0 Å². The molecule has 0 aliphatic carbocycles. The molecule has 0 aromatic carbocycles. The standard InChI is InChI=1S/C11H21N3O4S/c12-9-4-7-13(8-5-9)19(17,18)14-6-2-1-3-10(14)11(15)16/h9-10H,1-8,12H2,(H,15,16). The summed E-state index contributed by atoms with van der Waals surface area (Å²) in [5.74, 6) is -1.06. The van der Waals surface area contributed by atoms with Crippen molar-refractivity contribution in [2.24, 2.45) is 5.73 Å². The molecule has 2 saturated heterocycles. The van der Waals surface area contributed by atoms with Crippen LogP contribution in [0.3, 0.4) is 0 Å². The van der Waals surface area contributed by atoms with Crippen molar-refractivity contribution in [3.63, 3.8) is 0 Å². The van der Waals surface area contributed by atoms with Crippen molar-refractivity contribution in [1.29, 1.82) is 0 Å². The number of carboxylic acids is 1. The highest BCUT2D eigenvalue weighted by molar-refractivity contribution is 7.86. The van der Waals surface area contributed by atoms with Crippen molar-refractivity contribution < 1.29 is 18.3 Å². The zero-order chi connectivity index (χ0) is 14.0. The Balaban J connectivity index is 2.15. The van der Waals surface area contributed by atoms with Gasteiger partial charge in [-0.2, -0.15) is 17.0 Å². The molecule has 19 heavy (non-hydrogen) atoms. The summed E-state index contributed by atoms with van der Waals surface area (Å²) in [5, 5.41) is 9.17. The number of nitrogens with two attached hydrogens (primary N) is 1. The van der Waals surface area contributed by atoms with E-state index in [0.29, 0.717) is 38.9 Å². The molecule has 3 N–H and O–H groups in total. The molecule has 0 radical (unpaired) electrons. The van der Waals surface area contributed by atoms with E-state index >= 15 is 0 Å². The summed E-state index contributed by atoms with van der Waals surface area (Å²) in [6, 6.07) is -0.877. The van der Waals surface area contributed by atoms with Gasteiger partial charge in [0.25, 0.3) is 10.2 Å². The maximum absolute atomic E-state index is 12.5. The molecule has 0 amide bonds. The first kappa shape index (κ1) is 14.7. The zero-order valence-electron chi connectivity index (χ0n) is 10.9. The third-order valence-electron chi connectivity index (χ3n) is 3.86. The van der Waals surface area contributed by atoms with Gasteiger partial charge in [-0.25, -0.2) is 0 Å². The van der Waals surface area contributed by atoms with Crippen molar-refractivity contribution in [3.8, 4) is 0 Å². The van der Waals surface area contributed by atoms with Crippen LogP contribution in [0.1, 0.15) is 32.1 Å². The van der Waals surface area contributed by atoms with Crippen LogP contribution >= 0.6 is 0 Å². The molecule has 2 rings (SSSR count). The molecule has 2 heterocycles. The minimum absolute atomic E-state index is 0.0445. The number of hydrogen-bond acceptors (Lipinski definition) is 4. The lowest BCUT2D eigenvalue weighted by Gasteiger charge is -2.38. The molecule has 0 aromatic heterocycles. The van der Waals surface area contributed by atoms with E-state index in [4.69, 9.17) is 10.8 Å². The molecule has 8 heteroatoms. The third-order valence-corrected chi connectivity index (χ3v) is 5.91. The summed E-state index contributed by atoms with van der Waals surface area (Å²) in [5.41, 5.74) is 5.77. The number of aliphatic carboxylic acids is 1. The zero-order valence-corrected chi connectivity index (χ0v) is 11.7. The monoisotopic (exact) mass is 291 g/mol. The van der Waals surface area contributed by atoms with E-state index in [1.54, 1.807) is 0 Å². The van der Waals surface area contributed by atoms with Crippen LogP contribution in [0.4, 0.5) is 0 Å². The minimum Gasteiger partial charge on any atom is -0.480 e. The maximum atomic E-state index is 12.5. The highest BCUT2D eigenvalue weighted by Crippen LogP contribution is 2.24. The van der Waals surface area contributed by atoms with Crippen LogP contribution in [0.2, 0.25) is 0 Å². The van der Waals surface area contributed by atoms with Gasteiger partial charge in [0.1, 0.15) is 6.04 Å². The van der Waals surface area contributed by atoms with Gasteiger partial charge in [0.05, 0.1) is 0 Å². The van der Waals surface area contributed by atoms with Gasteiger partial charge in [-0.3, -0.25) is 4.79 Å². The van der Waals surface area contributed by atoms with Crippen molar-refractivity contribution in [2.75, 3.05) is 19.6 Å². The van der Waals surface area contributed by atoms with Crippen LogP contribution in [0.25, 0.3) is 0 Å². The van der Waals surface area contributed by atoms with Crippen LogP contribution in [-0.2, 0) is 15.0 Å². The van der Waals surface area contributed by atoms with E-state index in [0.717, 1.165) is 17.1 Å². The predicted molar refractivity (Wildman–Crippen MR) is 69.7 cm³/mol. The Labute approximate surface area is 113 Å². The SMILES string of the molecule is NC1CCN(S(=O)(=O)N2CCCCC2C(=O)O)CC1. The van der Waals surface area contributed by atoms with Gasteiger partial charge >= 0.3 is 5.97 Å². The third kappa shape index (κ3) is 3.07. The predicted octanol–water partition coefficient (Wildman–Crippen LogP) is -0.407. The number of rotatable bonds is 3. The summed E-state index contributed by atoms with van der Waals surface area (Å²) >= 11 is 0. The Morgan fingerprint density at radius 3 is 2.32 bits per heavy atom.